The minimum Gasteiger partial charge on any atom is -0.444 e. The Kier molecular flexibility index (Phi) is 4.82. The molecule has 1 N–H and O–H groups in total. The summed E-state index contributed by atoms with van der Waals surface area (Å²) in [6, 6.07) is 1.06. The lowest BCUT2D eigenvalue weighted by molar-refractivity contribution is -0.0332. The molecule has 1 amide bonds. The second-order valence-electron chi connectivity index (χ2n) is 6.09. The first-order valence-electron chi connectivity index (χ1n) is 8.33. The summed E-state index contributed by atoms with van der Waals surface area (Å²) in [5.41, 5.74) is 0.578. The fourth-order valence-electron chi connectivity index (χ4n) is 2.85. The number of benzene rings is 1. The van der Waals surface area contributed by atoms with Crippen molar-refractivity contribution in [1.29, 1.82) is 0 Å². The molecule has 11 heteroatoms. The van der Waals surface area contributed by atoms with Crippen LogP contribution in [0.4, 0.5) is 18.0 Å². The van der Waals surface area contributed by atoms with E-state index in [0.717, 1.165) is 0 Å². The molecule has 1 atom stereocenters. The molecule has 0 aliphatic carbocycles. The van der Waals surface area contributed by atoms with Gasteiger partial charge in [0.05, 0.1) is 24.9 Å². The molecule has 0 bridgehead atoms. The summed E-state index contributed by atoms with van der Waals surface area (Å²) in [4.78, 5) is 28.9. The lowest BCUT2D eigenvalue weighted by Gasteiger charge is -2.31. The van der Waals surface area contributed by atoms with Gasteiger partial charge in [0.15, 0.2) is 5.65 Å². The summed E-state index contributed by atoms with van der Waals surface area (Å²) in [6.45, 7) is -0.0645. The average molecular weight is 393 g/mol. The van der Waals surface area contributed by atoms with Gasteiger partial charge < -0.3 is 19.4 Å². The fraction of sp³-hybridized carbons (Fsp3) is 0.294. The van der Waals surface area contributed by atoms with Crippen LogP contribution in [0.3, 0.4) is 0 Å². The molecule has 28 heavy (non-hydrogen) atoms. The van der Waals surface area contributed by atoms with Gasteiger partial charge in [-0.05, 0) is 0 Å². The van der Waals surface area contributed by atoms with Crippen LogP contribution in [0.2, 0.25) is 0 Å². The van der Waals surface area contributed by atoms with E-state index >= 15 is 0 Å². The number of carbonyl (C=O) groups excluding carboxylic acids is 1. The fourth-order valence-corrected chi connectivity index (χ4v) is 2.85. The van der Waals surface area contributed by atoms with Gasteiger partial charge in [-0.1, -0.05) is 0 Å². The highest BCUT2D eigenvalue weighted by molar-refractivity contribution is 5.69. The lowest BCUT2D eigenvalue weighted by atomic mass is 10.2. The Bertz CT molecular complexity index is 972. The van der Waals surface area contributed by atoms with Crippen molar-refractivity contribution in [2.45, 2.75) is 12.7 Å². The summed E-state index contributed by atoms with van der Waals surface area (Å²) in [6.07, 6.45) is 1.62. The van der Waals surface area contributed by atoms with E-state index in [1.54, 1.807) is 6.20 Å². The average Bonchev–Trinajstić information content (AvgIpc) is 3.11. The van der Waals surface area contributed by atoms with Crippen molar-refractivity contribution in [3.05, 3.63) is 53.5 Å². The van der Waals surface area contributed by atoms with Crippen LogP contribution in [0, 0.1) is 17.5 Å². The van der Waals surface area contributed by atoms with Gasteiger partial charge >= 0.3 is 6.09 Å². The summed E-state index contributed by atoms with van der Waals surface area (Å²) in [7, 11) is 0. The Morgan fingerprint density at radius 3 is 2.86 bits per heavy atom. The van der Waals surface area contributed by atoms with Crippen LogP contribution in [0.5, 0.6) is 0 Å². The molecule has 4 rings (SSSR count). The van der Waals surface area contributed by atoms with E-state index in [1.807, 2.05) is 0 Å². The van der Waals surface area contributed by atoms with Gasteiger partial charge in [-0.25, -0.2) is 32.9 Å². The second kappa shape index (κ2) is 7.43. The molecule has 8 nitrogen and oxygen atoms in total. The molecule has 3 aromatic rings. The second-order valence-corrected chi connectivity index (χ2v) is 6.09. The van der Waals surface area contributed by atoms with Gasteiger partial charge in [0, 0.05) is 18.7 Å². The number of hydrogen-bond acceptors (Lipinski definition) is 6. The topological polar surface area (TPSA) is 93.2 Å². The molecule has 3 heterocycles. The van der Waals surface area contributed by atoms with E-state index in [-0.39, 0.29) is 19.7 Å². The number of hydrogen-bond donors (Lipinski definition) is 1. The highest BCUT2D eigenvalue weighted by Gasteiger charge is 2.29. The third-order valence-electron chi connectivity index (χ3n) is 4.26. The zero-order valence-electron chi connectivity index (χ0n) is 14.4. The highest BCUT2D eigenvalue weighted by atomic mass is 19.1. The number of aromatic nitrogens is 4. The van der Waals surface area contributed by atoms with E-state index in [4.69, 9.17) is 9.47 Å². The molecule has 1 unspecified atom stereocenters. The van der Waals surface area contributed by atoms with E-state index in [2.05, 4.69) is 19.9 Å². The standard InChI is InChI=1S/C17H14F3N5O3/c18-9-3-11(19)10(12(20)4-9)7-28-17(26)25-1-2-27-14(6-25)16-23-13-5-21-8-22-15(13)24-16/h3-5,8,14H,1-2,6-7H2,(H,21,22,23,24). The van der Waals surface area contributed by atoms with E-state index in [9.17, 15) is 18.0 Å². The maximum absolute atomic E-state index is 13.7. The molecule has 1 fully saturated rings. The Morgan fingerprint density at radius 2 is 2.11 bits per heavy atom. The number of nitrogens with one attached hydrogen (secondary N) is 1. The molecule has 0 spiro atoms. The molecule has 1 aliphatic heterocycles. The zero-order valence-corrected chi connectivity index (χ0v) is 14.4. The van der Waals surface area contributed by atoms with Gasteiger partial charge in [0.25, 0.3) is 0 Å². The highest BCUT2D eigenvalue weighted by Crippen LogP contribution is 2.23. The van der Waals surface area contributed by atoms with Gasteiger partial charge in [0.1, 0.15) is 47.8 Å². The van der Waals surface area contributed by atoms with Crippen LogP contribution in [-0.2, 0) is 16.1 Å². The van der Waals surface area contributed by atoms with Crippen molar-refractivity contribution in [3.63, 3.8) is 0 Å². The van der Waals surface area contributed by atoms with Crippen molar-refractivity contribution < 1.29 is 27.4 Å². The Balaban J connectivity index is 1.42. The summed E-state index contributed by atoms with van der Waals surface area (Å²) in [5.74, 6) is -2.80. The number of H-pyrrole nitrogens is 1. The molecule has 1 aromatic carbocycles. The van der Waals surface area contributed by atoms with E-state index < -0.39 is 41.8 Å². The molecular weight excluding hydrogens is 379 g/mol. The maximum atomic E-state index is 13.7. The predicted octanol–water partition coefficient (Wildman–Crippen LogP) is 2.48. The van der Waals surface area contributed by atoms with Gasteiger partial charge in [-0.2, -0.15) is 0 Å². The molecule has 1 aliphatic rings. The Hall–Kier alpha value is -3.21. The summed E-state index contributed by atoms with van der Waals surface area (Å²) in [5, 5.41) is 0. The Morgan fingerprint density at radius 1 is 1.32 bits per heavy atom. The molecule has 0 saturated carbocycles. The molecule has 1 saturated heterocycles. The number of ether oxygens (including phenoxy) is 2. The lowest BCUT2D eigenvalue weighted by Crippen LogP contribution is -2.42. The smallest absolute Gasteiger partial charge is 0.410 e. The van der Waals surface area contributed by atoms with Gasteiger partial charge in [-0.15, -0.1) is 0 Å². The number of fused-ring (bicyclic) bond motifs is 1. The number of morpholine rings is 1. The number of rotatable bonds is 3. The van der Waals surface area contributed by atoms with Crippen LogP contribution >= 0.6 is 0 Å². The van der Waals surface area contributed by atoms with Gasteiger partial charge in [0.2, 0.25) is 0 Å². The number of amides is 1. The SMILES string of the molecule is O=C(OCc1c(F)cc(F)cc1F)N1CCOC(c2nc3ncncc3[nH]2)C1. The van der Waals surface area contributed by atoms with Crippen molar-refractivity contribution >= 4 is 17.3 Å². The van der Waals surface area contributed by atoms with Crippen molar-refractivity contribution in [3.8, 4) is 0 Å². The number of aromatic amines is 1. The minimum atomic E-state index is -1.12. The zero-order chi connectivity index (χ0) is 19.7. The molecular formula is C17H14F3N5O3. The van der Waals surface area contributed by atoms with Crippen LogP contribution < -0.4 is 0 Å². The van der Waals surface area contributed by atoms with Crippen molar-refractivity contribution in [2.24, 2.45) is 0 Å². The normalized spacial score (nSPS) is 17.1. The summed E-state index contributed by atoms with van der Waals surface area (Å²) >= 11 is 0. The molecule has 2 aromatic heterocycles. The van der Waals surface area contributed by atoms with E-state index in [1.165, 1.54) is 11.2 Å². The van der Waals surface area contributed by atoms with Crippen molar-refractivity contribution in [2.75, 3.05) is 19.7 Å². The third kappa shape index (κ3) is 3.60. The van der Waals surface area contributed by atoms with E-state index in [0.29, 0.717) is 29.1 Å². The first kappa shape index (κ1) is 18.2. The first-order chi connectivity index (χ1) is 13.5. The van der Waals surface area contributed by atoms with Crippen molar-refractivity contribution in [1.82, 2.24) is 24.8 Å². The summed E-state index contributed by atoms with van der Waals surface area (Å²) < 4.78 is 50.9. The first-order valence-corrected chi connectivity index (χ1v) is 8.33. The molecule has 0 radical (unpaired) electrons. The third-order valence-corrected chi connectivity index (χ3v) is 4.26. The quantitative estimate of drug-likeness (QED) is 0.735. The minimum absolute atomic E-state index is 0.125. The monoisotopic (exact) mass is 393 g/mol. The Labute approximate surface area is 156 Å². The van der Waals surface area contributed by atoms with Crippen LogP contribution in [0.25, 0.3) is 11.2 Å². The number of carbonyl (C=O) groups is 1. The number of nitrogens with zero attached hydrogens (tertiary/aromatic N) is 4. The number of imidazole rings is 1. The van der Waals surface area contributed by atoms with Gasteiger partial charge in [-0.3, -0.25) is 0 Å². The van der Waals surface area contributed by atoms with Crippen LogP contribution in [-0.4, -0.2) is 50.6 Å². The number of halogens is 3. The predicted molar refractivity (Wildman–Crippen MR) is 88.5 cm³/mol. The largest absolute Gasteiger partial charge is 0.444 e. The molecule has 146 valence electrons. The van der Waals surface area contributed by atoms with Crippen LogP contribution in [0.15, 0.2) is 24.7 Å². The maximum Gasteiger partial charge on any atom is 0.410 e. The van der Waals surface area contributed by atoms with Crippen LogP contribution in [0.1, 0.15) is 17.5 Å².